The third-order valence-corrected chi connectivity index (χ3v) is 2.45. The Balaban J connectivity index is 2.44. The maximum atomic E-state index is 3.93. The first-order valence-corrected chi connectivity index (χ1v) is 4.61. The summed E-state index contributed by atoms with van der Waals surface area (Å²) in [6.07, 6.45) is 12.4. The van der Waals surface area contributed by atoms with Gasteiger partial charge in [0, 0.05) is 0 Å². The zero-order valence-corrected chi connectivity index (χ0v) is 8.14. The van der Waals surface area contributed by atoms with Crippen LogP contribution in [0.15, 0.2) is 36.5 Å². The van der Waals surface area contributed by atoms with Gasteiger partial charge in [-0.1, -0.05) is 36.8 Å². The van der Waals surface area contributed by atoms with Crippen LogP contribution in [0.3, 0.4) is 0 Å². The highest BCUT2D eigenvalue weighted by atomic mass is 14.2. The molecule has 0 bridgehead atoms. The predicted octanol–water partition coefficient (Wildman–Crippen LogP) is 3.87. The van der Waals surface area contributed by atoms with Crippen LogP contribution >= 0.6 is 0 Å². The second-order valence-electron chi connectivity index (χ2n) is 4.10. The van der Waals surface area contributed by atoms with Crippen LogP contribution in [0, 0.1) is 5.41 Å². The van der Waals surface area contributed by atoms with E-state index < -0.39 is 0 Å². The van der Waals surface area contributed by atoms with Gasteiger partial charge in [0.1, 0.15) is 0 Å². The van der Waals surface area contributed by atoms with Crippen molar-refractivity contribution < 1.29 is 0 Å². The van der Waals surface area contributed by atoms with Crippen LogP contribution in [0.2, 0.25) is 0 Å². The molecule has 1 atom stereocenters. The molecule has 0 heteroatoms. The minimum Gasteiger partial charge on any atom is -0.100 e. The van der Waals surface area contributed by atoms with Gasteiger partial charge in [-0.25, -0.2) is 0 Å². The van der Waals surface area contributed by atoms with Crippen LogP contribution in [-0.2, 0) is 0 Å². The van der Waals surface area contributed by atoms with Crippen molar-refractivity contribution in [3.8, 4) is 0 Å². The van der Waals surface area contributed by atoms with Crippen molar-refractivity contribution in [2.24, 2.45) is 5.41 Å². The van der Waals surface area contributed by atoms with Crippen LogP contribution < -0.4 is 0 Å². The maximum Gasteiger partial charge on any atom is -0.0106 e. The Morgan fingerprint density at radius 2 is 2.25 bits per heavy atom. The Kier molecular flexibility index (Phi) is 2.91. The van der Waals surface area contributed by atoms with Gasteiger partial charge < -0.3 is 0 Å². The highest BCUT2D eigenvalue weighted by Crippen LogP contribution is 2.33. The van der Waals surface area contributed by atoms with Crippen molar-refractivity contribution in [3.05, 3.63) is 36.5 Å². The predicted molar refractivity (Wildman–Crippen MR) is 55.1 cm³/mol. The summed E-state index contributed by atoms with van der Waals surface area (Å²) in [6, 6.07) is 0. The summed E-state index contributed by atoms with van der Waals surface area (Å²) < 4.78 is 0. The molecule has 0 nitrogen and oxygen atoms in total. The molecule has 0 aliphatic heterocycles. The van der Waals surface area contributed by atoms with Crippen LogP contribution in [0.1, 0.15) is 33.1 Å². The molecule has 0 N–H and O–H groups in total. The molecule has 0 aromatic carbocycles. The normalized spacial score (nSPS) is 27.5. The van der Waals surface area contributed by atoms with E-state index in [9.17, 15) is 0 Å². The molecule has 1 aliphatic rings. The highest BCUT2D eigenvalue weighted by Gasteiger charge is 2.19. The molecule has 66 valence electrons. The summed E-state index contributed by atoms with van der Waals surface area (Å²) in [6.45, 7) is 8.35. The molecule has 0 saturated heterocycles. The molecule has 0 spiro atoms. The molecule has 1 aliphatic carbocycles. The van der Waals surface area contributed by atoms with Crippen LogP contribution in [0.5, 0.6) is 0 Å². The molecular formula is C12H18. The second kappa shape index (κ2) is 3.75. The van der Waals surface area contributed by atoms with Crippen molar-refractivity contribution in [3.63, 3.8) is 0 Å². The third-order valence-electron chi connectivity index (χ3n) is 2.45. The zero-order valence-electron chi connectivity index (χ0n) is 8.14. The molecule has 0 fully saturated rings. The summed E-state index contributed by atoms with van der Waals surface area (Å²) in [7, 11) is 0. The van der Waals surface area contributed by atoms with Crippen LogP contribution in [0.4, 0.5) is 0 Å². The maximum absolute atomic E-state index is 3.93. The molecule has 12 heavy (non-hydrogen) atoms. The zero-order chi connectivity index (χ0) is 9.03. The summed E-state index contributed by atoms with van der Waals surface area (Å²) in [4.78, 5) is 0. The van der Waals surface area contributed by atoms with Gasteiger partial charge >= 0.3 is 0 Å². The second-order valence-corrected chi connectivity index (χ2v) is 4.10. The van der Waals surface area contributed by atoms with Gasteiger partial charge in [0.05, 0.1) is 0 Å². The van der Waals surface area contributed by atoms with E-state index >= 15 is 0 Å². The fourth-order valence-electron chi connectivity index (χ4n) is 1.46. The van der Waals surface area contributed by atoms with Gasteiger partial charge in [-0.2, -0.15) is 0 Å². The van der Waals surface area contributed by atoms with E-state index in [1.807, 2.05) is 0 Å². The quantitative estimate of drug-likeness (QED) is 0.553. The van der Waals surface area contributed by atoms with E-state index in [1.165, 1.54) is 18.4 Å². The summed E-state index contributed by atoms with van der Waals surface area (Å²) in [5, 5.41) is 0. The van der Waals surface area contributed by atoms with E-state index in [2.05, 4.69) is 44.7 Å². The first-order valence-electron chi connectivity index (χ1n) is 4.61. The Morgan fingerprint density at radius 3 is 2.75 bits per heavy atom. The molecule has 0 aromatic rings. The van der Waals surface area contributed by atoms with E-state index in [4.69, 9.17) is 0 Å². The van der Waals surface area contributed by atoms with Crippen molar-refractivity contribution in [1.82, 2.24) is 0 Å². The number of allylic oxidation sites excluding steroid dienone is 5. The number of hydrogen-bond donors (Lipinski definition) is 0. The van der Waals surface area contributed by atoms with E-state index in [1.54, 1.807) is 0 Å². The lowest BCUT2D eigenvalue weighted by Gasteiger charge is -2.26. The van der Waals surface area contributed by atoms with Crippen molar-refractivity contribution >= 4 is 0 Å². The van der Waals surface area contributed by atoms with E-state index in [0.29, 0.717) is 5.41 Å². The van der Waals surface area contributed by atoms with E-state index in [-0.39, 0.29) is 0 Å². The van der Waals surface area contributed by atoms with Gasteiger partial charge in [0.25, 0.3) is 0 Å². The molecule has 0 radical (unpaired) electrons. The largest absolute Gasteiger partial charge is 0.100 e. The molecule has 0 amide bonds. The molecule has 0 heterocycles. The first-order chi connectivity index (χ1) is 5.62. The third kappa shape index (κ3) is 2.69. The van der Waals surface area contributed by atoms with Gasteiger partial charge in [-0.05, 0) is 31.6 Å². The van der Waals surface area contributed by atoms with E-state index in [0.717, 1.165) is 6.42 Å². The van der Waals surface area contributed by atoms with Gasteiger partial charge in [-0.15, -0.1) is 6.58 Å². The van der Waals surface area contributed by atoms with Crippen molar-refractivity contribution in [2.45, 2.75) is 33.1 Å². The fourth-order valence-corrected chi connectivity index (χ4v) is 1.46. The monoisotopic (exact) mass is 162 g/mol. The Bertz CT molecular complexity index is 220. The van der Waals surface area contributed by atoms with Gasteiger partial charge in [0.15, 0.2) is 0 Å². The Morgan fingerprint density at radius 1 is 1.50 bits per heavy atom. The molecule has 0 aromatic heterocycles. The minimum atomic E-state index is 0.383. The standard InChI is InChI=1S/C12H18/c1-11(2)7-10-12(3)8-5-4-6-9-12/h4-6,8H,1,7,9-10H2,2-3H3. The minimum absolute atomic E-state index is 0.383. The summed E-state index contributed by atoms with van der Waals surface area (Å²) in [5.74, 6) is 0. The molecule has 0 saturated carbocycles. The Hall–Kier alpha value is -0.780. The molecule has 1 rings (SSSR count). The average molecular weight is 162 g/mol. The fraction of sp³-hybridized carbons (Fsp3) is 0.500. The topological polar surface area (TPSA) is 0 Å². The SMILES string of the molecule is C=C(C)CCC1(C)C=CC=CC1. The van der Waals surface area contributed by atoms with Crippen molar-refractivity contribution in [2.75, 3.05) is 0 Å². The Labute approximate surface area is 75.7 Å². The van der Waals surface area contributed by atoms with Crippen LogP contribution in [-0.4, -0.2) is 0 Å². The smallest absolute Gasteiger partial charge is 0.0106 e. The van der Waals surface area contributed by atoms with Gasteiger partial charge in [0.2, 0.25) is 0 Å². The number of hydrogen-bond acceptors (Lipinski definition) is 0. The lowest BCUT2D eigenvalue weighted by Crippen LogP contribution is -2.13. The van der Waals surface area contributed by atoms with Gasteiger partial charge in [-0.3, -0.25) is 0 Å². The van der Waals surface area contributed by atoms with Crippen molar-refractivity contribution in [1.29, 1.82) is 0 Å². The first kappa shape index (κ1) is 9.31. The number of rotatable bonds is 3. The lowest BCUT2D eigenvalue weighted by molar-refractivity contribution is 0.393. The summed E-state index contributed by atoms with van der Waals surface area (Å²) in [5.41, 5.74) is 1.67. The summed E-state index contributed by atoms with van der Waals surface area (Å²) >= 11 is 0. The van der Waals surface area contributed by atoms with Crippen LogP contribution in [0.25, 0.3) is 0 Å². The molecular weight excluding hydrogens is 144 g/mol. The average Bonchev–Trinajstić information content (AvgIpc) is 2.03. The molecule has 1 unspecified atom stereocenters. The lowest BCUT2D eigenvalue weighted by atomic mass is 9.79. The highest BCUT2D eigenvalue weighted by molar-refractivity contribution is 5.15.